The molecule has 0 unspecified atom stereocenters. The zero-order chi connectivity index (χ0) is 19.5. The molecular formula is C20H22ClN5O2. The highest BCUT2D eigenvalue weighted by molar-refractivity contribution is 6.30. The van der Waals surface area contributed by atoms with Gasteiger partial charge in [-0.15, -0.1) is 0 Å². The van der Waals surface area contributed by atoms with Crippen LogP contribution in [0.3, 0.4) is 0 Å². The summed E-state index contributed by atoms with van der Waals surface area (Å²) in [5.74, 6) is 1.47. The van der Waals surface area contributed by atoms with E-state index in [1.807, 2.05) is 30.9 Å². The number of amides is 2. The standard InChI is InChI=1S/C20H22ClN5O2/c1-13-7-14(2)23-18(22-13)24-9-20(10-24)11-25(12-20)19(27)26-5-6-28-17-8-15(21)3-4-16(17)26/h3-4,7-8H,5-6,9-12H2,1-2H3. The first-order chi connectivity index (χ1) is 13.4. The van der Waals surface area contributed by atoms with Crippen LogP contribution in [0.1, 0.15) is 11.4 Å². The summed E-state index contributed by atoms with van der Waals surface area (Å²) >= 11 is 6.04. The van der Waals surface area contributed by atoms with Gasteiger partial charge in [0.25, 0.3) is 0 Å². The number of aromatic nitrogens is 2. The maximum Gasteiger partial charge on any atom is 0.324 e. The molecule has 1 aromatic carbocycles. The van der Waals surface area contributed by atoms with Crippen molar-refractivity contribution in [2.75, 3.05) is 49.1 Å². The van der Waals surface area contributed by atoms with Crippen LogP contribution in [-0.2, 0) is 0 Å². The van der Waals surface area contributed by atoms with Gasteiger partial charge in [-0.25, -0.2) is 14.8 Å². The normalized spacial score (nSPS) is 19.6. The van der Waals surface area contributed by atoms with E-state index in [-0.39, 0.29) is 11.4 Å². The Morgan fingerprint density at radius 3 is 2.54 bits per heavy atom. The van der Waals surface area contributed by atoms with E-state index in [2.05, 4.69) is 14.9 Å². The van der Waals surface area contributed by atoms with E-state index in [4.69, 9.17) is 16.3 Å². The summed E-state index contributed by atoms with van der Waals surface area (Å²) in [5, 5.41) is 0.610. The second-order valence-corrected chi connectivity index (χ2v) is 8.49. The lowest BCUT2D eigenvalue weighted by Crippen LogP contribution is -2.74. The number of benzene rings is 1. The summed E-state index contributed by atoms with van der Waals surface area (Å²) in [6.07, 6.45) is 0. The number of hydrogen-bond acceptors (Lipinski definition) is 5. The third kappa shape index (κ3) is 2.85. The molecule has 2 aromatic rings. The zero-order valence-corrected chi connectivity index (χ0v) is 16.7. The maximum absolute atomic E-state index is 13.0. The molecule has 2 amide bonds. The predicted octanol–water partition coefficient (Wildman–Crippen LogP) is 2.89. The molecule has 2 saturated heterocycles. The van der Waals surface area contributed by atoms with E-state index in [9.17, 15) is 4.79 Å². The first-order valence-electron chi connectivity index (χ1n) is 9.49. The van der Waals surface area contributed by atoms with Crippen LogP contribution in [0.15, 0.2) is 24.3 Å². The van der Waals surface area contributed by atoms with E-state index < -0.39 is 0 Å². The van der Waals surface area contributed by atoms with Gasteiger partial charge in [-0.1, -0.05) is 11.6 Å². The molecule has 3 aliphatic rings. The van der Waals surface area contributed by atoms with Crippen molar-refractivity contribution >= 4 is 29.3 Å². The summed E-state index contributed by atoms with van der Waals surface area (Å²) in [7, 11) is 0. The number of urea groups is 1. The molecule has 7 nitrogen and oxygen atoms in total. The van der Waals surface area contributed by atoms with Gasteiger partial charge in [-0.05, 0) is 32.0 Å². The van der Waals surface area contributed by atoms with Crippen LogP contribution < -0.4 is 14.5 Å². The zero-order valence-electron chi connectivity index (χ0n) is 16.0. The Hall–Kier alpha value is -2.54. The number of fused-ring (bicyclic) bond motifs is 1. The number of likely N-dealkylation sites (tertiary alicyclic amines) is 1. The van der Waals surface area contributed by atoms with Crippen molar-refractivity contribution in [3.8, 4) is 5.75 Å². The largest absolute Gasteiger partial charge is 0.489 e. The smallest absolute Gasteiger partial charge is 0.324 e. The lowest BCUT2D eigenvalue weighted by molar-refractivity contribution is 0.00882. The predicted molar refractivity (Wildman–Crippen MR) is 107 cm³/mol. The van der Waals surface area contributed by atoms with E-state index in [0.29, 0.717) is 23.9 Å². The summed E-state index contributed by atoms with van der Waals surface area (Å²) in [6, 6.07) is 7.43. The Balaban J connectivity index is 1.23. The molecule has 0 saturated carbocycles. The topological polar surface area (TPSA) is 61.8 Å². The van der Waals surface area contributed by atoms with Gasteiger partial charge >= 0.3 is 6.03 Å². The number of ether oxygens (including phenoxy) is 1. The minimum Gasteiger partial charge on any atom is -0.489 e. The molecule has 1 aromatic heterocycles. The average molecular weight is 400 g/mol. The van der Waals surface area contributed by atoms with Crippen LogP contribution in [0.4, 0.5) is 16.4 Å². The SMILES string of the molecule is Cc1cc(C)nc(N2CC3(CN(C(=O)N4CCOc5cc(Cl)ccc54)C3)C2)n1. The first kappa shape index (κ1) is 17.6. The Labute approximate surface area is 168 Å². The summed E-state index contributed by atoms with van der Waals surface area (Å²) in [5.41, 5.74) is 2.94. The average Bonchev–Trinajstić information content (AvgIpc) is 2.57. The fourth-order valence-corrected chi connectivity index (χ4v) is 4.58. The number of aryl methyl sites for hydroxylation is 2. The fraction of sp³-hybridized carbons (Fsp3) is 0.450. The minimum atomic E-state index is 0.0404. The lowest BCUT2D eigenvalue weighted by Gasteiger charge is -2.60. The van der Waals surface area contributed by atoms with Crippen LogP contribution >= 0.6 is 11.6 Å². The number of halogens is 1. The number of carbonyl (C=O) groups excluding carboxylic acids is 1. The molecule has 1 spiro atoms. The quantitative estimate of drug-likeness (QED) is 0.737. The molecule has 0 aliphatic carbocycles. The van der Waals surface area contributed by atoms with Crippen molar-refractivity contribution in [1.29, 1.82) is 0 Å². The van der Waals surface area contributed by atoms with Crippen LogP contribution in [0.5, 0.6) is 5.75 Å². The summed E-state index contributed by atoms with van der Waals surface area (Å²) in [4.78, 5) is 28.0. The summed E-state index contributed by atoms with van der Waals surface area (Å²) in [6.45, 7) is 8.36. The Bertz CT molecular complexity index is 931. The molecule has 5 rings (SSSR count). The molecule has 3 aliphatic heterocycles. The number of rotatable bonds is 1. The highest BCUT2D eigenvalue weighted by atomic mass is 35.5. The second kappa shape index (κ2) is 6.24. The van der Waals surface area contributed by atoms with Gasteiger partial charge in [0, 0.05) is 54.1 Å². The maximum atomic E-state index is 13.0. The van der Waals surface area contributed by atoms with Crippen molar-refractivity contribution in [1.82, 2.24) is 14.9 Å². The van der Waals surface area contributed by atoms with Crippen molar-refractivity contribution in [2.24, 2.45) is 5.41 Å². The van der Waals surface area contributed by atoms with E-state index in [0.717, 1.165) is 49.2 Å². The second-order valence-electron chi connectivity index (χ2n) is 8.06. The monoisotopic (exact) mass is 399 g/mol. The number of nitrogens with zero attached hydrogens (tertiary/aromatic N) is 5. The highest BCUT2D eigenvalue weighted by Crippen LogP contribution is 2.42. The molecule has 4 heterocycles. The van der Waals surface area contributed by atoms with E-state index in [1.165, 1.54) is 0 Å². The molecule has 8 heteroatoms. The van der Waals surface area contributed by atoms with Crippen molar-refractivity contribution in [3.63, 3.8) is 0 Å². The first-order valence-corrected chi connectivity index (χ1v) is 9.86. The highest BCUT2D eigenvalue weighted by Gasteiger charge is 2.54. The Kier molecular flexibility index (Phi) is 3.91. The molecule has 146 valence electrons. The minimum absolute atomic E-state index is 0.0404. The lowest BCUT2D eigenvalue weighted by atomic mass is 9.73. The van der Waals surface area contributed by atoms with Gasteiger partial charge in [-0.3, -0.25) is 4.90 Å². The van der Waals surface area contributed by atoms with Gasteiger partial charge in [0.1, 0.15) is 12.4 Å². The van der Waals surface area contributed by atoms with Gasteiger partial charge in [0.2, 0.25) is 5.95 Å². The Morgan fingerprint density at radius 1 is 1.11 bits per heavy atom. The van der Waals surface area contributed by atoms with Crippen molar-refractivity contribution in [3.05, 3.63) is 40.7 Å². The number of hydrogen-bond donors (Lipinski definition) is 0. The van der Waals surface area contributed by atoms with Gasteiger partial charge in [-0.2, -0.15) is 0 Å². The number of anilines is 2. The summed E-state index contributed by atoms with van der Waals surface area (Å²) < 4.78 is 5.65. The molecule has 0 bridgehead atoms. The van der Waals surface area contributed by atoms with E-state index >= 15 is 0 Å². The third-order valence-corrected chi connectivity index (χ3v) is 5.88. The third-order valence-electron chi connectivity index (χ3n) is 5.64. The molecule has 2 fully saturated rings. The van der Waals surface area contributed by atoms with Crippen molar-refractivity contribution < 1.29 is 9.53 Å². The molecule has 0 N–H and O–H groups in total. The fourth-order valence-electron chi connectivity index (χ4n) is 4.42. The van der Waals surface area contributed by atoms with E-state index in [1.54, 1.807) is 17.0 Å². The molecular weight excluding hydrogens is 378 g/mol. The van der Waals surface area contributed by atoms with Crippen LogP contribution in [0, 0.1) is 19.3 Å². The molecule has 0 radical (unpaired) electrons. The van der Waals surface area contributed by atoms with Gasteiger partial charge in [0.05, 0.1) is 12.2 Å². The Morgan fingerprint density at radius 2 is 1.82 bits per heavy atom. The van der Waals surface area contributed by atoms with Crippen molar-refractivity contribution in [2.45, 2.75) is 13.8 Å². The van der Waals surface area contributed by atoms with Crippen LogP contribution in [0.2, 0.25) is 5.02 Å². The number of carbonyl (C=O) groups is 1. The van der Waals surface area contributed by atoms with Crippen LogP contribution in [-0.4, -0.2) is 60.2 Å². The van der Waals surface area contributed by atoms with Gasteiger partial charge < -0.3 is 14.5 Å². The molecule has 28 heavy (non-hydrogen) atoms. The molecule has 0 atom stereocenters. The van der Waals surface area contributed by atoms with Crippen LogP contribution in [0.25, 0.3) is 0 Å². The van der Waals surface area contributed by atoms with Gasteiger partial charge in [0.15, 0.2) is 0 Å².